The molecule has 8 heteroatoms. The first kappa shape index (κ1) is 17.1. The number of carbonyl (C=O) groups is 2. The first-order chi connectivity index (χ1) is 11.0. The Morgan fingerprint density at radius 1 is 1.35 bits per heavy atom. The van der Waals surface area contributed by atoms with Gasteiger partial charge in [0.15, 0.2) is 16.7 Å². The normalized spacial score (nSPS) is 19.1. The van der Waals surface area contributed by atoms with Gasteiger partial charge < -0.3 is 14.8 Å². The van der Waals surface area contributed by atoms with E-state index in [1.807, 2.05) is 0 Å². The lowest BCUT2D eigenvalue weighted by Gasteiger charge is -2.11. The average molecular weight is 337 g/mol. The van der Waals surface area contributed by atoms with Crippen LogP contribution in [0.4, 0.5) is 5.69 Å². The van der Waals surface area contributed by atoms with Gasteiger partial charge in [-0.3, -0.25) is 19.5 Å². The van der Waals surface area contributed by atoms with Gasteiger partial charge in [-0.05, 0) is 12.1 Å². The maximum absolute atomic E-state index is 12.2. The van der Waals surface area contributed by atoms with E-state index in [0.717, 1.165) is 0 Å². The fraction of sp³-hybridized carbons (Fsp3) is 0.400. The molecule has 1 aromatic rings. The van der Waals surface area contributed by atoms with E-state index >= 15 is 0 Å². The van der Waals surface area contributed by atoms with E-state index in [0.29, 0.717) is 22.4 Å². The van der Waals surface area contributed by atoms with Crippen LogP contribution in [-0.4, -0.2) is 55.4 Å². The van der Waals surface area contributed by atoms with Gasteiger partial charge in [0.1, 0.15) is 5.25 Å². The van der Waals surface area contributed by atoms with E-state index in [9.17, 15) is 9.59 Å². The highest BCUT2D eigenvalue weighted by Gasteiger charge is 2.36. The Balaban J connectivity index is 2.02. The standard InChI is InChI=1S/C15H19N3O4S/c1-16-15-18(2)14(20)12(23-15)8-13(19)17-9-5-6-10(21-3)11(7-9)22-4/h5-7,12H,8H2,1-4H3,(H,17,19). The average Bonchev–Trinajstić information content (AvgIpc) is 2.82. The highest BCUT2D eigenvalue weighted by atomic mass is 32.2. The molecular formula is C15H19N3O4S. The molecular weight excluding hydrogens is 318 g/mol. The molecule has 1 saturated heterocycles. The second-order valence-electron chi connectivity index (χ2n) is 4.83. The molecule has 2 amide bonds. The number of benzene rings is 1. The van der Waals surface area contributed by atoms with E-state index in [-0.39, 0.29) is 18.2 Å². The summed E-state index contributed by atoms with van der Waals surface area (Å²) in [6.45, 7) is 0. The Bertz CT molecular complexity index is 648. The third kappa shape index (κ3) is 3.76. The highest BCUT2D eigenvalue weighted by Crippen LogP contribution is 2.31. The molecule has 0 spiro atoms. The van der Waals surface area contributed by atoms with Gasteiger partial charge in [-0.25, -0.2) is 0 Å². The van der Waals surface area contributed by atoms with Gasteiger partial charge in [0, 0.05) is 32.3 Å². The number of nitrogens with one attached hydrogen (secondary N) is 1. The summed E-state index contributed by atoms with van der Waals surface area (Å²) in [5.74, 6) is 0.751. The molecule has 0 aromatic heterocycles. The third-order valence-electron chi connectivity index (χ3n) is 3.37. The molecule has 124 valence electrons. The van der Waals surface area contributed by atoms with E-state index < -0.39 is 5.25 Å². The maximum Gasteiger partial charge on any atom is 0.242 e. The van der Waals surface area contributed by atoms with Crippen molar-refractivity contribution in [3.63, 3.8) is 0 Å². The smallest absolute Gasteiger partial charge is 0.242 e. The minimum absolute atomic E-state index is 0.0845. The number of anilines is 1. The molecule has 2 rings (SSSR count). The van der Waals surface area contributed by atoms with Crippen LogP contribution in [0.3, 0.4) is 0 Å². The van der Waals surface area contributed by atoms with Crippen LogP contribution >= 0.6 is 11.8 Å². The molecule has 1 fully saturated rings. The van der Waals surface area contributed by atoms with Gasteiger partial charge in [0.25, 0.3) is 0 Å². The van der Waals surface area contributed by atoms with Gasteiger partial charge in [-0.15, -0.1) is 0 Å². The lowest BCUT2D eigenvalue weighted by atomic mass is 10.2. The van der Waals surface area contributed by atoms with Crippen LogP contribution < -0.4 is 14.8 Å². The highest BCUT2D eigenvalue weighted by molar-refractivity contribution is 8.15. The van der Waals surface area contributed by atoms with Crippen molar-refractivity contribution in [3.05, 3.63) is 18.2 Å². The van der Waals surface area contributed by atoms with Crippen molar-refractivity contribution >= 4 is 34.4 Å². The lowest BCUT2D eigenvalue weighted by Crippen LogP contribution is -2.30. The zero-order valence-electron chi connectivity index (χ0n) is 13.5. The second kappa shape index (κ2) is 7.36. The van der Waals surface area contributed by atoms with Crippen LogP contribution in [0, 0.1) is 0 Å². The first-order valence-electron chi connectivity index (χ1n) is 6.93. The molecule has 1 aliphatic rings. The van der Waals surface area contributed by atoms with E-state index in [2.05, 4.69) is 10.3 Å². The van der Waals surface area contributed by atoms with Gasteiger partial charge >= 0.3 is 0 Å². The number of thioether (sulfide) groups is 1. The van der Waals surface area contributed by atoms with Crippen molar-refractivity contribution in [2.75, 3.05) is 33.6 Å². The number of amides is 2. The third-order valence-corrected chi connectivity index (χ3v) is 4.69. The number of aliphatic imine (C=N–C) groups is 1. The zero-order chi connectivity index (χ0) is 17.0. The molecule has 1 aliphatic heterocycles. The Kier molecular flexibility index (Phi) is 5.49. The van der Waals surface area contributed by atoms with Crippen LogP contribution in [0.15, 0.2) is 23.2 Å². The summed E-state index contributed by atoms with van der Waals surface area (Å²) in [5, 5.41) is 2.94. The predicted octanol–water partition coefficient (Wildman–Crippen LogP) is 1.59. The minimum atomic E-state index is -0.446. The molecule has 0 aliphatic carbocycles. The molecule has 1 unspecified atom stereocenters. The van der Waals surface area contributed by atoms with Gasteiger partial charge in [-0.1, -0.05) is 11.8 Å². The van der Waals surface area contributed by atoms with E-state index in [4.69, 9.17) is 9.47 Å². The Labute approximate surface area is 139 Å². The fourth-order valence-corrected chi connectivity index (χ4v) is 3.29. The topological polar surface area (TPSA) is 80.2 Å². The van der Waals surface area contributed by atoms with Crippen LogP contribution in [0.1, 0.15) is 6.42 Å². The number of rotatable bonds is 5. The molecule has 23 heavy (non-hydrogen) atoms. The SMILES string of the molecule is CN=C1SC(CC(=O)Nc2ccc(OC)c(OC)c2)C(=O)N1C. The Morgan fingerprint density at radius 2 is 2.04 bits per heavy atom. The zero-order valence-corrected chi connectivity index (χ0v) is 14.3. The number of hydrogen-bond donors (Lipinski definition) is 1. The Hall–Kier alpha value is -2.22. The van der Waals surface area contributed by atoms with E-state index in [1.165, 1.54) is 23.8 Å². The summed E-state index contributed by atoms with van der Waals surface area (Å²) < 4.78 is 10.3. The summed E-state index contributed by atoms with van der Waals surface area (Å²) in [6, 6.07) is 5.10. The van der Waals surface area contributed by atoms with Crippen molar-refractivity contribution in [3.8, 4) is 11.5 Å². The van der Waals surface area contributed by atoms with Crippen molar-refractivity contribution in [2.24, 2.45) is 4.99 Å². The van der Waals surface area contributed by atoms with Crippen LogP contribution in [0.2, 0.25) is 0 Å². The molecule has 0 radical (unpaired) electrons. The van der Waals surface area contributed by atoms with Gasteiger partial charge in [0.2, 0.25) is 11.8 Å². The summed E-state index contributed by atoms with van der Waals surface area (Å²) in [4.78, 5) is 29.7. The van der Waals surface area contributed by atoms with Gasteiger partial charge in [0.05, 0.1) is 14.2 Å². The minimum Gasteiger partial charge on any atom is -0.493 e. The van der Waals surface area contributed by atoms with Crippen molar-refractivity contribution < 1.29 is 19.1 Å². The number of methoxy groups -OCH3 is 2. The van der Waals surface area contributed by atoms with E-state index in [1.54, 1.807) is 39.4 Å². The maximum atomic E-state index is 12.2. The summed E-state index contributed by atoms with van der Waals surface area (Å²) in [5.41, 5.74) is 0.584. The molecule has 1 N–H and O–H groups in total. The summed E-state index contributed by atoms with van der Waals surface area (Å²) >= 11 is 1.30. The number of hydrogen-bond acceptors (Lipinski definition) is 6. The van der Waals surface area contributed by atoms with Crippen molar-refractivity contribution in [1.29, 1.82) is 0 Å². The summed E-state index contributed by atoms with van der Waals surface area (Å²) in [7, 11) is 6.35. The molecule has 1 atom stereocenters. The second-order valence-corrected chi connectivity index (χ2v) is 6.00. The molecule has 7 nitrogen and oxygen atoms in total. The number of amidine groups is 1. The van der Waals surface area contributed by atoms with Crippen molar-refractivity contribution in [1.82, 2.24) is 4.90 Å². The fourth-order valence-electron chi connectivity index (χ4n) is 2.19. The Morgan fingerprint density at radius 3 is 2.61 bits per heavy atom. The monoisotopic (exact) mass is 337 g/mol. The summed E-state index contributed by atoms with van der Waals surface area (Å²) in [6.07, 6.45) is 0.0845. The largest absolute Gasteiger partial charge is 0.493 e. The first-order valence-corrected chi connectivity index (χ1v) is 7.81. The number of nitrogens with zero attached hydrogens (tertiary/aromatic N) is 2. The molecule has 1 heterocycles. The van der Waals surface area contributed by atoms with Crippen LogP contribution in [0.5, 0.6) is 11.5 Å². The quantitative estimate of drug-likeness (QED) is 0.882. The molecule has 0 bridgehead atoms. The van der Waals surface area contributed by atoms with Crippen LogP contribution in [0.25, 0.3) is 0 Å². The lowest BCUT2D eigenvalue weighted by molar-refractivity contribution is -0.127. The van der Waals surface area contributed by atoms with Crippen molar-refractivity contribution in [2.45, 2.75) is 11.7 Å². The molecule has 0 saturated carbocycles. The molecule has 1 aromatic carbocycles. The predicted molar refractivity (Wildman–Crippen MR) is 90.3 cm³/mol. The van der Waals surface area contributed by atoms with Crippen LogP contribution in [-0.2, 0) is 9.59 Å². The number of carbonyl (C=O) groups excluding carboxylic acids is 2. The van der Waals surface area contributed by atoms with Gasteiger partial charge in [-0.2, -0.15) is 0 Å². The number of ether oxygens (including phenoxy) is 2.